The van der Waals surface area contributed by atoms with Crippen LogP contribution in [0.1, 0.15) is 30.8 Å². The monoisotopic (exact) mass is 557 g/mol. The number of hydrogen-bond donors (Lipinski definition) is 0. The first-order chi connectivity index (χ1) is 17.7. The van der Waals surface area contributed by atoms with Crippen LogP contribution in [-0.2, 0) is 19.3 Å². The van der Waals surface area contributed by atoms with Gasteiger partial charge in [0.15, 0.2) is 11.6 Å². The molecule has 10 heteroatoms. The van der Waals surface area contributed by atoms with Crippen molar-refractivity contribution in [3.63, 3.8) is 0 Å². The Morgan fingerprint density at radius 2 is 1.55 bits per heavy atom. The number of rotatable bonds is 8. The topological polar surface area (TPSA) is 63.0 Å². The first-order valence-corrected chi connectivity index (χ1v) is 12.7. The van der Waals surface area contributed by atoms with Crippen LogP contribution in [-0.4, -0.2) is 62.4 Å². The fraction of sp³-hybridized carbons (Fsp3) is 0.357. The van der Waals surface area contributed by atoms with E-state index in [2.05, 4.69) is 38.6 Å². The number of aromatic nitrogens is 5. The number of hydrogen-bond acceptors (Lipinski definition) is 6. The molecule has 0 atom stereocenters. The van der Waals surface area contributed by atoms with Gasteiger partial charge in [-0.15, -0.1) is 24.8 Å². The van der Waals surface area contributed by atoms with Crippen molar-refractivity contribution in [2.75, 3.05) is 37.6 Å². The van der Waals surface area contributed by atoms with Crippen molar-refractivity contribution in [3.05, 3.63) is 83.8 Å². The largest absolute Gasteiger partial charge is 0.352 e. The molecule has 7 nitrogen and oxygen atoms in total. The van der Waals surface area contributed by atoms with Gasteiger partial charge in [0.25, 0.3) is 0 Å². The number of piperazine rings is 1. The van der Waals surface area contributed by atoms with Crippen LogP contribution in [0.3, 0.4) is 0 Å². The van der Waals surface area contributed by atoms with Gasteiger partial charge in [0.1, 0.15) is 11.5 Å². The van der Waals surface area contributed by atoms with Gasteiger partial charge >= 0.3 is 0 Å². The van der Waals surface area contributed by atoms with Gasteiger partial charge in [0, 0.05) is 62.6 Å². The second-order valence-corrected chi connectivity index (χ2v) is 8.99. The van der Waals surface area contributed by atoms with E-state index in [0.29, 0.717) is 0 Å². The Morgan fingerprint density at radius 1 is 0.816 bits per heavy atom. The van der Waals surface area contributed by atoms with Crippen molar-refractivity contribution in [1.29, 1.82) is 0 Å². The summed E-state index contributed by atoms with van der Waals surface area (Å²) >= 11 is 0. The van der Waals surface area contributed by atoms with E-state index < -0.39 is 0 Å². The van der Waals surface area contributed by atoms with Crippen LogP contribution < -0.4 is 4.90 Å². The molecule has 0 amide bonds. The molecule has 1 saturated heterocycles. The highest BCUT2D eigenvalue weighted by Crippen LogP contribution is 2.28. The molecule has 1 aromatic carbocycles. The Hall–Kier alpha value is -3.07. The third-order valence-corrected chi connectivity index (χ3v) is 6.86. The second-order valence-electron chi connectivity index (χ2n) is 8.99. The van der Waals surface area contributed by atoms with Crippen LogP contribution in [0.2, 0.25) is 0 Å². The Morgan fingerprint density at radius 3 is 2.21 bits per heavy atom. The first-order valence-electron chi connectivity index (χ1n) is 12.7. The maximum Gasteiger partial charge on any atom is 0.155 e. The molecule has 0 aliphatic carbocycles. The van der Waals surface area contributed by atoms with E-state index in [1.54, 1.807) is 24.5 Å². The zero-order valence-corrected chi connectivity index (χ0v) is 23.4. The molecule has 1 aliphatic heterocycles. The SMILES string of the molecule is CCc1nn(-c2ccccn2)c(CC)c1CCN1CCN(c2nccnc2-c2ccc(F)cc2)CC1.Cl.Cl. The van der Waals surface area contributed by atoms with Gasteiger partial charge in [-0.2, -0.15) is 5.10 Å². The normalized spacial score (nSPS) is 13.6. The summed E-state index contributed by atoms with van der Waals surface area (Å²) < 4.78 is 15.4. The lowest BCUT2D eigenvalue weighted by atomic mass is 10.1. The van der Waals surface area contributed by atoms with E-state index in [1.165, 1.54) is 29.1 Å². The predicted molar refractivity (Wildman–Crippen MR) is 154 cm³/mol. The predicted octanol–water partition coefficient (Wildman–Crippen LogP) is 5.20. The van der Waals surface area contributed by atoms with Crippen molar-refractivity contribution in [2.45, 2.75) is 33.1 Å². The maximum absolute atomic E-state index is 13.4. The molecule has 202 valence electrons. The van der Waals surface area contributed by atoms with Gasteiger partial charge in [0.05, 0.1) is 5.69 Å². The zero-order valence-electron chi connectivity index (χ0n) is 21.8. The lowest BCUT2D eigenvalue weighted by Crippen LogP contribution is -2.47. The molecule has 1 fully saturated rings. The summed E-state index contributed by atoms with van der Waals surface area (Å²) in [6, 6.07) is 12.4. The Balaban J connectivity index is 0.00000200. The van der Waals surface area contributed by atoms with Crippen molar-refractivity contribution in [1.82, 2.24) is 29.6 Å². The van der Waals surface area contributed by atoms with Gasteiger partial charge in [0.2, 0.25) is 0 Å². The van der Waals surface area contributed by atoms with E-state index in [9.17, 15) is 4.39 Å². The Kier molecular flexibility index (Phi) is 10.6. The van der Waals surface area contributed by atoms with Gasteiger partial charge in [-0.05, 0) is 61.2 Å². The number of nitrogens with zero attached hydrogens (tertiary/aromatic N) is 7. The molecule has 0 bridgehead atoms. The molecular weight excluding hydrogens is 524 g/mol. The molecule has 4 aromatic rings. The second kappa shape index (κ2) is 13.6. The summed E-state index contributed by atoms with van der Waals surface area (Å²) in [4.78, 5) is 18.5. The fourth-order valence-corrected chi connectivity index (χ4v) is 4.97. The Bertz CT molecular complexity index is 1290. The minimum Gasteiger partial charge on any atom is -0.352 e. The van der Waals surface area contributed by atoms with Crippen LogP contribution >= 0.6 is 24.8 Å². The van der Waals surface area contributed by atoms with Gasteiger partial charge < -0.3 is 4.90 Å². The average molecular weight is 559 g/mol. The standard InChI is InChI=1S/C28H32FN7.2ClH/c1-3-24-23(25(4-2)36(33-24)26-7-5-6-13-30-26)12-16-34-17-19-35(20-18-34)28-27(31-14-15-32-28)21-8-10-22(29)11-9-21;;/h5-11,13-15H,3-4,12,16-20H2,1-2H3;2*1H. The molecule has 0 N–H and O–H groups in total. The lowest BCUT2D eigenvalue weighted by Gasteiger charge is -2.36. The van der Waals surface area contributed by atoms with Gasteiger partial charge in [-0.1, -0.05) is 19.9 Å². The molecule has 0 radical (unpaired) electrons. The molecule has 3 aromatic heterocycles. The van der Waals surface area contributed by atoms with Crippen molar-refractivity contribution < 1.29 is 4.39 Å². The smallest absolute Gasteiger partial charge is 0.155 e. The fourth-order valence-electron chi connectivity index (χ4n) is 4.97. The van der Waals surface area contributed by atoms with Crippen LogP contribution in [0.15, 0.2) is 61.1 Å². The number of aryl methyl sites for hydroxylation is 1. The first kappa shape index (κ1) is 29.5. The summed E-state index contributed by atoms with van der Waals surface area (Å²) in [6.07, 6.45) is 8.05. The van der Waals surface area contributed by atoms with Crippen molar-refractivity contribution in [2.24, 2.45) is 0 Å². The van der Waals surface area contributed by atoms with Crippen LogP contribution in [0, 0.1) is 5.82 Å². The molecule has 0 saturated carbocycles. The minimum atomic E-state index is -0.249. The zero-order chi connectivity index (χ0) is 24.9. The third-order valence-electron chi connectivity index (χ3n) is 6.86. The van der Waals surface area contributed by atoms with E-state index in [-0.39, 0.29) is 30.6 Å². The van der Waals surface area contributed by atoms with Gasteiger partial charge in [-0.25, -0.2) is 19.0 Å². The van der Waals surface area contributed by atoms with E-state index in [4.69, 9.17) is 5.10 Å². The summed E-state index contributed by atoms with van der Waals surface area (Å²) in [5, 5.41) is 4.92. The highest BCUT2D eigenvalue weighted by molar-refractivity contribution is 5.85. The number of halogens is 3. The van der Waals surface area contributed by atoms with Crippen LogP contribution in [0.5, 0.6) is 0 Å². The van der Waals surface area contributed by atoms with Crippen LogP contribution in [0.4, 0.5) is 10.2 Å². The maximum atomic E-state index is 13.4. The van der Waals surface area contributed by atoms with Crippen molar-refractivity contribution >= 4 is 30.6 Å². The molecule has 38 heavy (non-hydrogen) atoms. The molecule has 0 spiro atoms. The molecule has 1 aliphatic rings. The lowest BCUT2D eigenvalue weighted by molar-refractivity contribution is 0.260. The molecular formula is C28H34Cl2FN7. The molecule has 5 rings (SSSR count). The van der Waals surface area contributed by atoms with Crippen molar-refractivity contribution in [3.8, 4) is 17.1 Å². The quantitative estimate of drug-likeness (QED) is 0.297. The van der Waals surface area contributed by atoms with E-state index in [1.807, 2.05) is 29.1 Å². The summed E-state index contributed by atoms with van der Waals surface area (Å²) in [7, 11) is 0. The summed E-state index contributed by atoms with van der Waals surface area (Å²) in [6.45, 7) is 9.02. The Labute approximate surface area is 236 Å². The third kappa shape index (κ3) is 6.31. The van der Waals surface area contributed by atoms with E-state index in [0.717, 1.165) is 74.9 Å². The minimum absolute atomic E-state index is 0. The molecule has 4 heterocycles. The van der Waals surface area contributed by atoms with Crippen LogP contribution in [0.25, 0.3) is 17.1 Å². The average Bonchev–Trinajstić information content (AvgIpc) is 3.31. The number of pyridine rings is 1. The number of benzene rings is 1. The van der Waals surface area contributed by atoms with Gasteiger partial charge in [-0.3, -0.25) is 9.88 Å². The highest BCUT2D eigenvalue weighted by atomic mass is 35.5. The van der Waals surface area contributed by atoms with E-state index >= 15 is 0 Å². The molecule has 0 unspecified atom stereocenters. The summed E-state index contributed by atoms with van der Waals surface area (Å²) in [5.74, 6) is 1.49. The highest BCUT2D eigenvalue weighted by Gasteiger charge is 2.23. The summed E-state index contributed by atoms with van der Waals surface area (Å²) in [5.41, 5.74) is 5.46. The number of anilines is 1.